The Morgan fingerprint density at radius 1 is 1.11 bits per heavy atom. The summed E-state index contributed by atoms with van der Waals surface area (Å²) in [7, 11) is 2.30. The predicted octanol–water partition coefficient (Wildman–Crippen LogP) is 2.41. The smallest absolute Gasteiger partial charge is 0.0816 e. The molecule has 0 radical (unpaired) electrons. The first-order valence-electron chi connectivity index (χ1n) is 8.14. The highest BCUT2D eigenvalue weighted by atomic mass is 16.5. The van der Waals surface area contributed by atoms with Crippen molar-refractivity contribution in [3.05, 3.63) is 0 Å². The first-order chi connectivity index (χ1) is 9.03. The molecule has 3 rings (SSSR count). The zero-order chi connectivity index (χ0) is 13.5. The summed E-state index contributed by atoms with van der Waals surface area (Å²) in [4.78, 5) is 2.57. The molecule has 3 nitrogen and oxygen atoms in total. The van der Waals surface area contributed by atoms with Gasteiger partial charge in [0.15, 0.2) is 0 Å². The van der Waals surface area contributed by atoms with Gasteiger partial charge in [0.2, 0.25) is 0 Å². The van der Waals surface area contributed by atoms with E-state index in [1.54, 1.807) is 0 Å². The minimum atomic E-state index is 0.171. The van der Waals surface area contributed by atoms with Crippen LogP contribution in [0.25, 0.3) is 0 Å². The van der Waals surface area contributed by atoms with Crippen LogP contribution in [-0.4, -0.2) is 48.8 Å². The van der Waals surface area contributed by atoms with E-state index in [2.05, 4.69) is 31.1 Å². The molecule has 3 aliphatic rings. The van der Waals surface area contributed by atoms with Crippen LogP contribution in [0, 0.1) is 5.92 Å². The van der Waals surface area contributed by atoms with Crippen LogP contribution in [0.2, 0.25) is 0 Å². The van der Waals surface area contributed by atoms with Gasteiger partial charge in [0.1, 0.15) is 0 Å². The summed E-state index contributed by atoms with van der Waals surface area (Å²) in [5, 5.41) is 3.64. The Morgan fingerprint density at radius 3 is 2.21 bits per heavy atom. The fourth-order valence-electron chi connectivity index (χ4n) is 4.04. The van der Waals surface area contributed by atoms with Gasteiger partial charge in [-0.2, -0.15) is 0 Å². The lowest BCUT2D eigenvalue weighted by Crippen LogP contribution is -2.57. The molecule has 0 amide bonds. The lowest BCUT2D eigenvalue weighted by Gasteiger charge is -2.47. The number of hydrogen-bond donors (Lipinski definition) is 1. The van der Waals surface area contributed by atoms with Gasteiger partial charge in [-0.3, -0.25) is 0 Å². The highest BCUT2D eigenvalue weighted by Crippen LogP contribution is 2.48. The van der Waals surface area contributed by atoms with Crippen LogP contribution in [0.3, 0.4) is 0 Å². The van der Waals surface area contributed by atoms with Crippen LogP contribution in [0.5, 0.6) is 0 Å². The van der Waals surface area contributed by atoms with Crippen LogP contribution >= 0.6 is 0 Å². The molecule has 0 atom stereocenters. The number of ether oxygens (including phenoxy) is 1. The molecule has 3 heteroatoms. The van der Waals surface area contributed by atoms with E-state index in [4.69, 9.17) is 4.74 Å². The lowest BCUT2D eigenvalue weighted by molar-refractivity contribution is -0.153. The predicted molar refractivity (Wildman–Crippen MR) is 78.4 cm³/mol. The highest BCUT2D eigenvalue weighted by Gasteiger charge is 2.53. The third-order valence-corrected chi connectivity index (χ3v) is 5.28. The topological polar surface area (TPSA) is 24.5 Å². The molecule has 19 heavy (non-hydrogen) atoms. The first kappa shape index (κ1) is 13.8. The number of morpholine rings is 1. The molecule has 0 bridgehead atoms. The normalized spacial score (nSPS) is 37.4. The number of hydrogen-bond acceptors (Lipinski definition) is 3. The fourth-order valence-corrected chi connectivity index (χ4v) is 4.04. The van der Waals surface area contributed by atoms with Gasteiger partial charge in [-0.1, -0.05) is 13.8 Å². The van der Waals surface area contributed by atoms with E-state index < -0.39 is 0 Å². The number of nitrogens with zero attached hydrogens (tertiary/aromatic N) is 1. The maximum absolute atomic E-state index is 6.54. The van der Waals surface area contributed by atoms with Gasteiger partial charge in [-0.05, 0) is 51.5 Å². The Hall–Kier alpha value is -0.120. The summed E-state index contributed by atoms with van der Waals surface area (Å²) in [6.45, 7) is 8.01. The van der Waals surface area contributed by atoms with Crippen molar-refractivity contribution in [2.45, 2.75) is 69.6 Å². The molecule has 1 N–H and O–H groups in total. The van der Waals surface area contributed by atoms with Gasteiger partial charge in [0, 0.05) is 25.7 Å². The van der Waals surface area contributed by atoms with Crippen molar-refractivity contribution < 1.29 is 4.74 Å². The Balaban J connectivity index is 1.54. The summed E-state index contributed by atoms with van der Waals surface area (Å²) in [5.74, 6) is 0.767. The molecule has 0 aromatic carbocycles. The Bertz CT molecular complexity index is 317. The third-order valence-electron chi connectivity index (χ3n) is 5.28. The third kappa shape index (κ3) is 2.98. The quantitative estimate of drug-likeness (QED) is 0.849. The molecule has 110 valence electrons. The van der Waals surface area contributed by atoms with Crippen molar-refractivity contribution in [2.24, 2.45) is 5.92 Å². The molecule has 0 aromatic heterocycles. The van der Waals surface area contributed by atoms with Crippen molar-refractivity contribution in [3.8, 4) is 0 Å². The minimum Gasteiger partial charge on any atom is -0.366 e. The minimum absolute atomic E-state index is 0.171. The van der Waals surface area contributed by atoms with Gasteiger partial charge in [0.25, 0.3) is 0 Å². The summed E-state index contributed by atoms with van der Waals surface area (Å²) in [5.41, 5.74) is 0.416. The Kier molecular flexibility index (Phi) is 3.65. The van der Waals surface area contributed by atoms with Crippen LogP contribution in [0.15, 0.2) is 0 Å². The highest BCUT2D eigenvalue weighted by molar-refractivity contribution is 5.06. The molecule has 0 unspecified atom stereocenters. The average Bonchev–Trinajstić information content (AvgIpc) is 3.08. The summed E-state index contributed by atoms with van der Waals surface area (Å²) >= 11 is 0. The van der Waals surface area contributed by atoms with Crippen molar-refractivity contribution in [1.82, 2.24) is 10.2 Å². The van der Waals surface area contributed by atoms with Gasteiger partial charge in [0.05, 0.1) is 11.2 Å². The maximum Gasteiger partial charge on any atom is 0.0816 e. The van der Waals surface area contributed by atoms with Gasteiger partial charge >= 0.3 is 0 Å². The van der Waals surface area contributed by atoms with E-state index >= 15 is 0 Å². The van der Waals surface area contributed by atoms with Gasteiger partial charge in [-0.15, -0.1) is 0 Å². The molecular weight excluding hydrogens is 236 g/mol. The van der Waals surface area contributed by atoms with Crippen molar-refractivity contribution >= 4 is 0 Å². The van der Waals surface area contributed by atoms with Crippen LogP contribution in [0.1, 0.15) is 52.4 Å². The molecule has 1 heterocycles. The van der Waals surface area contributed by atoms with E-state index in [9.17, 15) is 0 Å². The lowest BCUT2D eigenvalue weighted by atomic mass is 9.80. The average molecular weight is 266 g/mol. The second-order valence-electron chi connectivity index (χ2n) is 7.64. The first-order valence-corrected chi connectivity index (χ1v) is 8.14. The standard InChI is InChI=1S/C16H30N2O/c1-13(2)10-18(3)14-4-6-15(7-5-14)11-17-12-16(19-15)8-9-16/h13-14,17H,4-12H2,1-3H3. The Labute approximate surface area is 118 Å². The molecule has 2 saturated carbocycles. The number of rotatable bonds is 3. The fraction of sp³-hybridized carbons (Fsp3) is 1.00. The van der Waals surface area contributed by atoms with Gasteiger partial charge in [-0.25, -0.2) is 0 Å². The second-order valence-corrected chi connectivity index (χ2v) is 7.64. The van der Waals surface area contributed by atoms with Crippen molar-refractivity contribution in [2.75, 3.05) is 26.7 Å². The summed E-state index contributed by atoms with van der Waals surface area (Å²) in [6, 6.07) is 0.772. The van der Waals surface area contributed by atoms with Crippen LogP contribution in [0.4, 0.5) is 0 Å². The van der Waals surface area contributed by atoms with Crippen LogP contribution < -0.4 is 5.32 Å². The zero-order valence-electron chi connectivity index (χ0n) is 12.9. The van der Waals surface area contributed by atoms with Crippen molar-refractivity contribution in [1.29, 1.82) is 0 Å². The van der Waals surface area contributed by atoms with E-state index in [1.807, 2.05) is 0 Å². The molecule has 2 spiro atoms. The molecule has 0 aromatic rings. The monoisotopic (exact) mass is 266 g/mol. The van der Waals surface area contributed by atoms with Crippen molar-refractivity contribution in [3.63, 3.8) is 0 Å². The van der Waals surface area contributed by atoms with E-state index in [0.717, 1.165) is 25.0 Å². The molecule has 3 fully saturated rings. The largest absolute Gasteiger partial charge is 0.366 e. The van der Waals surface area contributed by atoms with Crippen LogP contribution in [-0.2, 0) is 4.74 Å². The SMILES string of the molecule is CC(C)CN(C)C1CCC2(CC1)CNCC1(CC1)O2. The van der Waals surface area contributed by atoms with E-state index in [1.165, 1.54) is 45.1 Å². The second kappa shape index (κ2) is 5.01. The molecule has 1 aliphatic heterocycles. The molecular formula is C16H30N2O. The van der Waals surface area contributed by atoms with E-state index in [0.29, 0.717) is 0 Å². The summed E-state index contributed by atoms with van der Waals surface area (Å²) in [6.07, 6.45) is 7.66. The van der Waals surface area contributed by atoms with E-state index in [-0.39, 0.29) is 11.2 Å². The molecule has 1 saturated heterocycles. The zero-order valence-corrected chi connectivity index (χ0v) is 12.9. The maximum atomic E-state index is 6.54. The Morgan fingerprint density at radius 2 is 1.68 bits per heavy atom. The molecule has 2 aliphatic carbocycles. The van der Waals surface area contributed by atoms with Gasteiger partial charge < -0.3 is 15.0 Å². The number of nitrogens with one attached hydrogen (secondary N) is 1. The summed E-state index contributed by atoms with van der Waals surface area (Å²) < 4.78 is 6.54.